The van der Waals surface area contributed by atoms with Crippen molar-refractivity contribution in [2.24, 2.45) is 5.92 Å². The summed E-state index contributed by atoms with van der Waals surface area (Å²) in [6, 6.07) is 17.4. The number of carbonyl (C=O) groups excluding carboxylic acids is 2. The maximum absolute atomic E-state index is 12.7. The summed E-state index contributed by atoms with van der Waals surface area (Å²) in [6.45, 7) is 2.94. The number of carbonyl (C=O) groups is 2. The Morgan fingerprint density at radius 3 is 2.24 bits per heavy atom. The maximum Gasteiger partial charge on any atom is 0.254 e. The highest BCUT2D eigenvalue weighted by atomic mass is 16.5. The van der Waals surface area contributed by atoms with E-state index in [1.54, 1.807) is 0 Å². The van der Waals surface area contributed by atoms with E-state index in [1.807, 2.05) is 54.6 Å². The standard InChI is InChI=1S/C29H39N3O5/c33-26(27(34)29(36)32-18-16-31(17-19-32)24-9-5-2-6-10-24)28(35)30-21-23-11-13-25(14-12-23)37-20-15-22-7-3-1-4-8-22/h2,5-6,9-14,22,26-27,33-34H,1,3-4,7-8,15-21H2,(H,30,35)/t26-,27-/m1/s1. The number of hydrogen-bond acceptors (Lipinski definition) is 6. The fourth-order valence-electron chi connectivity index (χ4n) is 5.11. The van der Waals surface area contributed by atoms with E-state index in [9.17, 15) is 19.8 Å². The average molecular weight is 510 g/mol. The van der Waals surface area contributed by atoms with E-state index in [4.69, 9.17) is 4.74 Å². The molecule has 0 radical (unpaired) electrons. The highest BCUT2D eigenvalue weighted by Gasteiger charge is 2.34. The molecule has 37 heavy (non-hydrogen) atoms. The molecule has 0 aromatic heterocycles. The first kappa shape index (κ1) is 26.9. The number of anilines is 1. The summed E-state index contributed by atoms with van der Waals surface area (Å²) in [7, 11) is 0. The van der Waals surface area contributed by atoms with Crippen molar-refractivity contribution in [3.05, 3.63) is 60.2 Å². The van der Waals surface area contributed by atoms with Gasteiger partial charge in [-0.15, -0.1) is 0 Å². The van der Waals surface area contributed by atoms with Gasteiger partial charge in [0.15, 0.2) is 12.2 Å². The van der Waals surface area contributed by atoms with Crippen LogP contribution in [0, 0.1) is 5.92 Å². The molecule has 8 nitrogen and oxygen atoms in total. The van der Waals surface area contributed by atoms with E-state index in [0.29, 0.717) is 32.8 Å². The lowest BCUT2D eigenvalue weighted by molar-refractivity contribution is -0.153. The van der Waals surface area contributed by atoms with Gasteiger partial charge in [-0.2, -0.15) is 0 Å². The molecule has 4 rings (SSSR count). The first-order chi connectivity index (χ1) is 18.0. The maximum atomic E-state index is 12.7. The van der Waals surface area contributed by atoms with Crippen LogP contribution < -0.4 is 15.0 Å². The summed E-state index contributed by atoms with van der Waals surface area (Å²) in [4.78, 5) is 28.8. The normalized spacial score (nSPS) is 18.2. The number of nitrogens with one attached hydrogen (secondary N) is 1. The number of hydrogen-bond donors (Lipinski definition) is 3. The van der Waals surface area contributed by atoms with Gasteiger partial charge in [0.2, 0.25) is 0 Å². The quantitative estimate of drug-likeness (QED) is 0.455. The molecule has 1 aliphatic carbocycles. The highest BCUT2D eigenvalue weighted by Crippen LogP contribution is 2.26. The molecule has 1 heterocycles. The molecule has 2 aromatic rings. The van der Waals surface area contributed by atoms with Gasteiger partial charge in [0.1, 0.15) is 5.75 Å². The number of piperazine rings is 1. The average Bonchev–Trinajstić information content (AvgIpc) is 2.96. The Kier molecular flexibility index (Phi) is 9.79. The minimum Gasteiger partial charge on any atom is -0.494 e. The molecule has 1 aliphatic heterocycles. The second kappa shape index (κ2) is 13.4. The van der Waals surface area contributed by atoms with Gasteiger partial charge in [-0.05, 0) is 42.2 Å². The first-order valence-electron chi connectivity index (χ1n) is 13.5. The third kappa shape index (κ3) is 7.69. The second-order valence-electron chi connectivity index (χ2n) is 10.0. The molecule has 2 fully saturated rings. The van der Waals surface area contributed by atoms with Crippen LogP contribution in [0.2, 0.25) is 0 Å². The summed E-state index contributed by atoms with van der Waals surface area (Å²) in [5, 5.41) is 23.3. The minimum atomic E-state index is -1.83. The highest BCUT2D eigenvalue weighted by molar-refractivity contribution is 5.90. The molecule has 1 saturated carbocycles. The smallest absolute Gasteiger partial charge is 0.254 e. The number of aliphatic hydroxyl groups excluding tert-OH is 2. The van der Waals surface area contributed by atoms with Gasteiger partial charge in [-0.25, -0.2) is 0 Å². The lowest BCUT2D eigenvalue weighted by Crippen LogP contribution is -2.55. The van der Waals surface area contributed by atoms with Crippen molar-refractivity contribution in [3.63, 3.8) is 0 Å². The van der Waals surface area contributed by atoms with Gasteiger partial charge in [0, 0.05) is 38.4 Å². The van der Waals surface area contributed by atoms with Gasteiger partial charge >= 0.3 is 0 Å². The molecule has 2 aromatic carbocycles. The van der Waals surface area contributed by atoms with Crippen LogP contribution in [0.1, 0.15) is 44.1 Å². The lowest BCUT2D eigenvalue weighted by atomic mass is 9.87. The van der Waals surface area contributed by atoms with Crippen molar-refractivity contribution in [2.75, 3.05) is 37.7 Å². The minimum absolute atomic E-state index is 0.176. The largest absolute Gasteiger partial charge is 0.494 e. The third-order valence-corrected chi connectivity index (χ3v) is 7.44. The zero-order valence-corrected chi connectivity index (χ0v) is 21.4. The molecule has 2 atom stereocenters. The second-order valence-corrected chi connectivity index (χ2v) is 10.0. The number of rotatable bonds is 10. The van der Waals surface area contributed by atoms with Gasteiger partial charge in [-0.1, -0.05) is 62.4 Å². The number of nitrogens with zero attached hydrogens (tertiary/aromatic N) is 2. The molecule has 0 bridgehead atoms. The van der Waals surface area contributed by atoms with Crippen LogP contribution in [-0.2, 0) is 16.1 Å². The zero-order chi connectivity index (χ0) is 26.0. The van der Waals surface area contributed by atoms with Gasteiger partial charge in [0.25, 0.3) is 11.8 Å². The van der Waals surface area contributed by atoms with Crippen LogP contribution in [0.3, 0.4) is 0 Å². The number of aliphatic hydroxyl groups is 2. The molecule has 200 valence electrons. The topological polar surface area (TPSA) is 102 Å². The molecule has 2 amide bonds. The fraction of sp³-hybridized carbons (Fsp3) is 0.517. The molecular formula is C29H39N3O5. The van der Waals surface area contributed by atoms with Crippen LogP contribution in [0.4, 0.5) is 5.69 Å². The van der Waals surface area contributed by atoms with Crippen molar-refractivity contribution in [3.8, 4) is 5.75 Å². The molecule has 2 aliphatic rings. The van der Waals surface area contributed by atoms with Crippen molar-refractivity contribution >= 4 is 17.5 Å². The van der Waals surface area contributed by atoms with E-state index >= 15 is 0 Å². The zero-order valence-electron chi connectivity index (χ0n) is 21.4. The van der Waals surface area contributed by atoms with E-state index in [-0.39, 0.29) is 6.54 Å². The summed E-state index contributed by atoms with van der Waals surface area (Å²) in [6.07, 6.45) is 4.07. The molecule has 8 heteroatoms. The number of benzene rings is 2. The van der Waals surface area contributed by atoms with Crippen LogP contribution >= 0.6 is 0 Å². The Morgan fingerprint density at radius 2 is 1.57 bits per heavy atom. The Morgan fingerprint density at radius 1 is 0.892 bits per heavy atom. The SMILES string of the molecule is O=C(NCc1ccc(OCCC2CCCCC2)cc1)[C@H](O)[C@@H](O)C(=O)N1CCN(c2ccccc2)CC1. The summed E-state index contributed by atoms with van der Waals surface area (Å²) >= 11 is 0. The molecular weight excluding hydrogens is 470 g/mol. The van der Waals surface area contributed by atoms with Gasteiger partial charge in [-0.3, -0.25) is 9.59 Å². The number of amides is 2. The van der Waals surface area contributed by atoms with Gasteiger partial charge in [0.05, 0.1) is 6.61 Å². The predicted molar refractivity (Wildman–Crippen MR) is 142 cm³/mol. The summed E-state index contributed by atoms with van der Waals surface area (Å²) in [5.41, 5.74) is 1.91. The number of ether oxygens (including phenoxy) is 1. The molecule has 3 N–H and O–H groups in total. The van der Waals surface area contributed by atoms with Crippen LogP contribution in [-0.4, -0.2) is 71.9 Å². The Bertz CT molecular complexity index is 986. The van der Waals surface area contributed by atoms with Crippen LogP contribution in [0.15, 0.2) is 54.6 Å². The fourth-order valence-corrected chi connectivity index (χ4v) is 5.11. The van der Waals surface area contributed by atoms with Crippen molar-refractivity contribution in [1.82, 2.24) is 10.2 Å². The van der Waals surface area contributed by atoms with E-state index in [0.717, 1.165) is 29.3 Å². The Hall–Kier alpha value is -3.10. The van der Waals surface area contributed by atoms with Crippen molar-refractivity contribution in [2.45, 2.75) is 57.3 Å². The molecule has 1 saturated heterocycles. The van der Waals surface area contributed by atoms with E-state index in [2.05, 4.69) is 10.2 Å². The van der Waals surface area contributed by atoms with Crippen LogP contribution in [0.25, 0.3) is 0 Å². The van der Waals surface area contributed by atoms with Crippen molar-refractivity contribution in [1.29, 1.82) is 0 Å². The van der Waals surface area contributed by atoms with Gasteiger partial charge < -0.3 is 30.1 Å². The number of para-hydroxylation sites is 1. The Labute approximate surface area is 219 Å². The Balaban J connectivity index is 1.17. The van der Waals surface area contributed by atoms with E-state index < -0.39 is 24.0 Å². The van der Waals surface area contributed by atoms with Crippen LogP contribution in [0.5, 0.6) is 5.75 Å². The molecule has 0 spiro atoms. The first-order valence-corrected chi connectivity index (χ1v) is 13.5. The predicted octanol–water partition coefficient (Wildman–Crippen LogP) is 2.72. The summed E-state index contributed by atoms with van der Waals surface area (Å²) < 4.78 is 5.87. The molecule has 0 unspecified atom stereocenters. The third-order valence-electron chi connectivity index (χ3n) is 7.44. The van der Waals surface area contributed by atoms with E-state index in [1.165, 1.54) is 37.0 Å². The monoisotopic (exact) mass is 509 g/mol. The lowest BCUT2D eigenvalue weighted by Gasteiger charge is -2.37. The van der Waals surface area contributed by atoms with Crippen molar-refractivity contribution < 1.29 is 24.5 Å². The summed E-state index contributed by atoms with van der Waals surface area (Å²) in [5.74, 6) is 0.150.